The third kappa shape index (κ3) is 65.0. The van der Waals surface area contributed by atoms with Gasteiger partial charge in [-0.25, -0.2) is 0 Å². The molecule has 0 heterocycles. The second-order valence-electron chi connectivity index (χ2n) is 22.3. The minimum absolute atomic E-state index is 0.0868. The van der Waals surface area contributed by atoms with Crippen LogP contribution in [0.25, 0.3) is 0 Å². The van der Waals surface area contributed by atoms with Gasteiger partial charge in [-0.3, -0.25) is 14.4 Å². The van der Waals surface area contributed by atoms with Gasteiger partial charge in [0.15, 0.2) is 6.10 Å². The molecule has 0 aliphatic rings. The van der Waals surface area contributed by atoms with E-state index in [1.807, 2.05) is 0 Å². The molecule has 6 heteroatoms. The fourth-order valence-electron chi connectivity index (χ4n) is 9.56. The fourth-order valence-corrected chi connectivity index (χ4v) is 9.56. The first kappa shape index (κ1) is 75.3. The zero-order valence-electron chi connectivity index (χ0n) is 52.1. The van der Waals surface area contributed by atoms with Crippen LogP contribution < -0.4 is 0 Å². The average molecular weight is 1100 g/mol. The van der Waals surface area contributed by atoms with Crippen LogP contribution in [0.2, 0.25) is 0 Å². The van der Waals surface area contributed by atoms with Crippen molar-refractivity contribution in [2.75, 3.05) is 13.2 Å². The van der Waals surface area contributed by atoms with Gasteiger partial charge in [0.25, 0.3) is 0 Å². The highest BCUT2D eigenvalue weighted by Gasteiger charge is 2.19. The van der Waals surface area contributed by atoms with Gasteiger partial charge in [-0.2, -0.15) is 0 Å². The summed E-state index contributed by atoms with van der Waals surface area (Å²) in [5.74, 6) is -0.907. The zero-order chi connectivity index (χ0) is 57.1. The van der Waals surface area contributed by atoms with E-state index in [0.717, 1.165) is 109 Å². The quantitative estimate of drug-likeness (QED) is 0.0261. The maximum absolute atomic E-state index is 12.9. The molecule has 0 bridgehead atoms. The highest BCUT2D eigenvalue weighted by atomic mass is 16.6. The Hall–Kier alpha value is -3.67. The Kier molecular flexibility index (Phi) is 63.7. The Balaban J connectivity index is 4.30. The van der Waals surface area contributed by atoms with Crippen LogP contribution in [0.15, 0.2) is 97.2 Å². The van der Waals surface area contributed by atoms with E-state index in [1.54, 1.807) is 0 Å². The van der Waals surface area contributed by atoms with E-state index in [9.17, 15) is 14.4 Å². The highest BCUT2D eigenvalue weighted by molar-refractivity contribution is 5.71. The summed E-state index contributed by atoms with van der Waals surface area (Å²) < 4.78 is 16.9. The number of unbranched alkanes of at least 4 members (excludes halogenated alkanes) is 34. The maximum atomic E-state index is 12.9. The van der Waals surface area contributed by atoms with Crippen LogP contribution in [-0.2, 0) is 28.6 Å². The largest absolute Gasteiger partial charge is 0.462 e. The summed E-state index contributed by atoms with van der Waals surface area (Å²) in [6.07, 6.45) is 90.0. The molecule has 0 fully saturated rings. The molecule has 0 aliphatic heterocycles. The normalized spacial score (nSPS) is 12.7. The summed E-state index contributed by atoms with van der Waals surface area (Å²) >= 11 is 0. The van der Waals surface area contributed by atoms with Crippen molar-refractivity contribution in [3.8, 4) is 0 Å². The van der Waals surface area contributed by atoms with Gasteiger partial charge in [0.05, 0.1) is 0 Å². The standard InChI is InChI=1S/C73H126O6/c1-4-7-10-13-16-19-22-25-27-29-31-33-35-36-38-39-41-43-45-48-51-54-57-60-63-66-72(75)78-69-70(68-77-71(74)65-62-59-56-53-50-47-24-21-18-15-12-9-6-3)79-73(76)67-64-61-58-55-52-49-46-44-42-40-37-34-32-30-28-26-23-20-17-14-11-8-5-2/h7,9-10,12,16,18-19,21,25,27,30-33,47,50,70H,4-6,8,11,13-15,17,20,22-24,26,28-29,34-46,48-49,51-69H2,1-3H3/b10-7-,12-9-,19-16-,21-18-,27-25-,32-30-,33-31-,50-47-. The first-order valence-corrected chi connectivity index (χ1v) is 33.7. The molecule has 79 heavy (non-hydrogen) atoms. The van der Waals surface area contributed by atoms with E-state index in [4.69, 9.17) is 14.2 Å². The second kappa shape index (κ2) is 66.8. The van der Waals surface area contributed by atoms with Gasteiger partial charge in [-0.1, -0.05) is 291 Å². The molecule has 0 aromatic heterocycles. The number of ether oxygens (including phenoxy) is 3. The van der Waals surface area contributed by atoms with E-state index in [1.165, 1.54) is 180 Å². The number of hydrogen-bond acceptors (Lipinski definition) is 6. The average Bonchev–Trinajstić information content (AvgIpc) is 3.45. The molecular formula is C73H126O6. The number of esters is 3. The molecule has 0 N–H and O–H groups in total. The van der Waals surface area contributed by atoms with E-state index in [-0.39, 0.29) is 31.1 Å². The molecule has 0 radical (unpaired) electrons. The van der Waals surface area contributed by atoms with Crippen LogP contribution in [0, 0.1) is 0 Å². The molecule has 6 nitrogen and oxygen atoms in total. The lowest BCUT2D eigenvalue weighted by Gasteiger charge is -2.18. The maximum Gasteiger partial charge on any atom is 0.306 e. The minimum Gasteiger partial charge on any atom is -0.462 e. The van der Waals surface area contributed by atoms with Crippen molar-refractivity contribution in [2.24, 2.45) is 0 Å². The number of allylic oxidation sites excluding steroid dienone is 16. The highest BCUT2D eigenvalue weighted by Crippen LogP contribution is 2.17. The zero-order valence-corrected chi connectivity index (χ0v) is 52.1. The van der Waals surface area contributed by atoms with Crippen LogP contribution in [-0.4, -0.2) is 37.2 Å². The lowest BCUT2D eigenvalue weighted by molar-refractivity contribution is -0.167. The second-order valence-corrected chi connectivity index (χ2v) is 22.3. The molecule has 0 saturated carbocycles. The van der Waals surface area contributed by atoms with Crippen molar-refractivity contribution < 1.29 is 28.6 Å². The molecule has 0 amide bonds. The molecular weight excluding hydrogens is 973 g/mol. The lowest BCUT2D eigenvalue weighted by Crippen LogP contribution is -2.30. The van der Waals surface area contributed by atoms with Crippen molar-refractivity contribution in [3.63, 3.8) is 0 Å². The summed E-state index contributed by atoms with van der Waals surface area (Å²) in [6, 6.07) is 0. The number of carbonyl (C=O) groups is 3. The monoisotopic (exact) mass is 1100 g/mol. The molecule has 0 saturated heterocycles. The van der Waals surface area contributed by atoms with Crippen LogP contribution in [0.3, 0.4) is 0 Å². The Morgan fingerprint density at radius 3 is 0.797 bits per heavy atom. The summed E-state index contributed by atoms with van der Waals surface area (Å²) in [7, 11) is 0. The molecule has 0 spiro atoms. The summed E-state index contributed by atoms with van der Waals surface area (Å²) in [5, 5.41) is 0. The van der Waals surface area contributed by atoms with Crippen molar-refractivity contribution >= 4 is 17.9 Å². The molecule has 0 rings (SSSR count). The molecule has 1 atom stereocenters. The predicted octanol–water partition coefficient (Wildman–Crippen LogP) is 23.2. The van der Waals surface area contributed by atoms with Crippen molar-refractivity contribution in [2.45, 2.75) is 335 Å². The van der Waals surface area contributed by atoms with Crippen molar-refractivity contribution in [1.82, 2.24) is 0 Å². The van der Waals surface area contributed by atoms with Crippen LogP contribution in [0.1, 0.15) is 329 Å². The van der Waals surface area contributed by atoms with Gasteiger partial charge in [-0.05, 0) is 116 Å². The third-order valence-electron chi connectivity index (χ3n) is 14.6. The third-order valence-corrected chi connectivity index (χ3v) is 14.6. The SMILES string of the molecule is CC/C=C\C/C=C\C/C=C\C/C=C\CCCCCCCCCCCCCCC(=O)OCC(COC(=O)CCCCC/C=C\C/C=C\C/C=C\CC)OC(=O)CCCCCCCCCCCCC/C=C\CCCCCCCCCC. The van der Waals surface area contributed by atoms with Gasteiger partial charge < -0.3 is 14.2 Å². The van der Waals surface area contributed by atoms with Crippen molar-refractivity contribution in [1.29, 1.82) is 0 Å². The van der Waals surface area contributed by atoms with Gasteiger partial charge >= 0.3 is 17.9 Å². The lowest BCUT2D eigenvalue weighted by atomic mass is 10.0. The topological polar surface area (TPSA) is 78.9 Å². The molecule has 0 aromatic carbocycles. The Morgan fingerprint density at radius 1 is 0.266 bits per heavy atom. The number of rotatable bonds is 61. The van der Waals surface area contributed by atoms with Gasteiger partial charge in [-0.15, -0.1) is 0 Å². The van der Waals surface area contributed by atoms with Crippen LogP contribution in [0.4, 0.5) is 0 Å². The Labute approximate surface area is 489 Å². The van der Waals surface area contributed by atoms with E-state index >= 15 is 0 Å². The molecule has 454 valence electrons. The number of carbonyl (C=O) groups excluding carboxylic acids is 3. The van der Waals surface area contributed by atoms with Crippen molar-refractivity contribution in [3.05, 3.63) is 97.2 Å². The summed E-state index contributed by atoms with van der Waals surface area (Å²) in [5.41, 5.74) is 0. The first-order valence-electron chi connectivity index (χ1n) is 33.7. The van der Waals surface area contributed by atoms with Crippen LogP contribution in [0.5, 0.6) is 0 Å². The van der Waals surface area contributed by atoms with E-state index < -0.39 is 6.10 Å². The Bertz CT molecular complexity index is 1540. The van der Waals surface area contributed by atoms with E-state index in [2.05, 4.69) is 118 Å². The smallest absolute Gasteiger partial charge is 0.306 e. The molecule has 1 unspecified atom stereocenters. The molecule has 0 aromatic rings. The fraction of sp³-hybridized carbons (Fsp3) is 0.740. The predicted molar refractivity (Wildman–Crippen MR) is 344 cm³/mol. The first-order chi connectivity index (χ1) is 39.0. The van der Waals surface area contributed by atoms with E-state index in [0.29, 0.717) is 19.3 Å². The molecule has 0 aliphatic carbocycles. The Morgan fingerprint density at radius 2 is 0.494 bits per heavy atom. The number of hydrogen-bond donors (Lipinski definition) is 0. The van der Waals surface area contributed by atoms with Crippen LogP contribution >= 0.6 is 0 Å². The van der Waals surface area contributed by atoms with Gasteiger partial charge in [0.1, 0.15) is 13.2 Å². The van der Waals surface area contributed by atoms with Gasteiger partial charge in [0, 0.05) is 19.3 Å². The van der Waals surface area contributed by atoms with Gasteiger partial charge in [0.2, 0.25) is 0 Å². The minimum atomic E-state index is -0.792. The summed E-state index contributed by atoms with van der Waals surface area (Å²) in [4.78, 5) is 38.4. The summed E-state index contributed by atoms with van der Waals surface area (Å²) in [6.45, 7) is 6.42.